The van der Waals surface area contributed by atoms with Gasteiger partial charge >= 0.3 is 5.97 Å². The van der Waals surface area contributed by atoms with Crippen LogP contribution in [-0.4, -0.2) is 22.7 Å². The molecule has 21 heavy (non-hydrogen) atoms. The Morgan fingerprint density at radius 3 is 2.62 bits per heavy atom. The maximum absolute atomic E-state index is 12.3. The van der Waals surface area contributed by atoms with E-state index in [4.69, 9.17) is 9.26 Å². The van der Waals surface area contributed by atoms with Crippen molar-refractivity contribution < 1.29 is 14.1 Å². The molecule has 7 heteroatoms. The highest BCUT2D eigenvalue weighted by molar-refractivity contribution is 9.11. The topological polar surface area (TPSA) is 65.2 Å². The van der Waals surface area contributed by atoms with Crippen LogP contribution >= 0.6 is 27.3 Å². The Labute approximate surface area is 135 Å². The highest BCUT2D eigenvalue weighted by Gasteiger charge is 2.44. The second-order valence-corrected chi connectivity index (χ2v) is 7.00. The Hall–Kier alpha value is -1.21. The predicted molar refractivity (Wildman–Crippen MR) is 84.2 cm³/mol. The number of hydrogen-bond acceptors (Lipinski definition) is 6. The van der Waals surface area contributed by atoms with Crippen LogP contribution in [0, 0.1) is 0 Å². The molecular formula is C14H17BrN2O3S. The monoisotopic (exact) mass is 372 g/mol. The first-order chi connectivity index (χ1) is 10.1. The summed E-state index contributed by atoms with van der Waals surface area (Å²) < 4.78 is 11.6. The molecule has 0 aromatic carbocycles. The summed E-state index contributed by atoms with van der Waals surface area (Å²) in [7, 11) is 0. The van der Waals surface area contributed by atoms with Gasteiger partial charge in [-0.25, -0.2) is 0 Å². The quantitative estimate of drug-likeness (QED) is 0.711. The average Bonchev–Trinajstić information content (AvgIpc) is 3.10. The van der Waals surface area contributed by atoms with Crippen LogP contribution in [0.3, 0.4) is 0 Å². The number of nitrogens with zero attached hydrogens (tertiary/aromatic N) is 2. The molecule has 0 amide bonds. The number of carbonyl (C=O) groups excluding carboxylic acids is 1. The summed E-state index contributed by atoms with van der Waals surface area (Å²) >= 11 is 4.92. The number of thiophene rings is 1. The van der Waals surface area contributed by atoms with Crippen molar-refractivity contribution in [3.63, 3.8) is 0 Å². The van der Waals surface area contributed by atoms with Gasteiger partial charge in [0.05, 0.1) is 15.3 Å². The molecule has 0 unspecified atom stereocenters. The number of carbonyl (C=O) groups is 1. The standard InChI is InChI=1S/C14H17BrN2O3S/c1-4-14(5-2,13(18)19-6-3)12-16-11(17-20-12)9-7-8-10(15)21-9/h7-8H,4-6H2,1-3H3. The summed E-state index contributed by atoms with van der Waals surface area (Å²) in [5.41, 5.74) is -0.865. The number of aromatic nitrogens is 2. The van der Waals surface area contributed by atoms with Crippen LogP contribution in [0.25, 0.3) is 10.7 Å². The van der Waals surface area contributed by atoms with E-state index >= 15 is 0 Å². The van der Waals surface area contributed by atoms with Crippen LogP contribution < -0.4 is 0 Å². The zero-order chi connectivity index (χ0) is 15.5. The number of rotatable bonds is 6. The van der Waals surface area contributed by atoms with Gasteiger partial charge in [0, 0.05) is 0 Å². The molecule has 0 fully saturated rings. The molecule has 0 aliphatic heterocycles. The Kier molecular flexibility index (Phi) is 5.16. The van der Waals surface area contributed by atoms with E-state index in [1.807, 2.05) is 26.0 Å². The lowest BCUT2D eigenvalue weighted by Gasteiger charge is -2.24. The fraction of sp³-hybridized carbons (Fsp3) is 0.500. The largest absolute Gasteiger partial charge is 0.465 e. The van der Waals surface area contributed by atoms with E-state index in [0.29, 0.717) is 31.2 Å². The predicted octanol–water partition coefficient (Wildman–Crippen LogP) is 4.18. The molecule has 2 aromatic heterocycles. The molecular weight excluding hydrogens is 356 g/mol. The summed E-state index contributed by atoms with van der Waals surface area (Å²) in [6.45, 7) is 5.97. The van der Waals surface area contributed by atoms with Crippen molar-refractivity contribution >= 4 is 33.2 Å². The van der Waals surface area contributed by atoms with E-state index in [2.05, 4.69) is 26.1 Å². The molecule has 0 saturated heterocycles. The molecule has 0 atom stereocenters. The van der Waals surface area contributed by atoms with Crippen LogP contribution in [0.5, 0.6) is 0 Å². The molecule has 0 radical (unpaired) electrons. The van der Waals surface area contributed by atoms with Crippen LogP contribution in [0.15, 0.2) is 20.4 Å². The first-order valence-corrected chi connectivity index (χ1v) is 8.45. The third-order valence-electron chi connectivity index (χ3n) is 3.50. The first kappa shape index (κ1) is 16.2. The number of ether oxygens (including phenoxy) is 1. The highest BCUT2D eigenvalue weighted by Crippen LogP contribution is 2.35. The van der Waals surface area contributed by atoms with Gasteiger partial charge in [-0.3, -0.25) is 4.79 Å². The molecule has 0 bridgehead atoms. The molecule has 0 N–H and O–H groups in total. The SMILES string of the molecule is CCOC(=O)C(CC)(CC)c1nc(-c2ccc(Br)s2)no1. The van der Waals surface area contributed by atoms with Crippen molar-refractivity contribution in [3.8, 4) is 10.7 Å². The normalized spacial score (nSPS) is 11.6. The van der Waals surface area contributed by atoms with Crippen molar-refractivity contribution in [2.45, 2.75) is 39.0 Å². The van der Waals surface area contributed by atoms with Crippen LogP contribution in [0.1, 0.15) is 39.5 Å². The van der Waals surface area contributed by atoms with E-state index in [1.165, 1.54) is 11.3 Å². The maximum Gasteiger partial charge on any atom is 0.321 e. The molecule has 2 rings (SSSR count). The average molecular weight is 373 g/mol. The fourth-order valence-corrected chi connectivity index (χ4v) is 3.46. The van der Waals surface area contributed by atoms with Gasteiger partial charge < -0.3 is 9.26 Å². The van der Waals surface area contributed by atoms with Crippen molar-refractivity contribution in [1.82, 2.24) is 10.1 Å². The minimum Gasteiger partial charge on any atom is -0.465 e. The minimum atomic E-state index is -0.865. The number of halogens is 1. The Morgan fingerprint density at radius 1 is 1.38 bits per heavy atom. The molecule has 2 aromatic rings. The lowest BCUT2D eigenvalue weighted by molar-refractivity contribution is -0.151. The van der Waals surface area contributed by atoms with E-state index in [9.17, 15) is 4.79 Å². The van der Waals surface area contributed by atoms with E-state index in [0.717, 1.165) is 8.66 Å². The molecule has 0 aliphatic carbocycles. The molecule has 0 saturated carbocycles. The molecule has 0 aliphatic rings. The van der Waals surface area contributed by atoms with Gasteiger partial charge in [-0.1, -0.05) is 19.0 Å². The van der Waals surface area contributed by atoms with Crippen LogP contribution in [0.2, 0.25) is 0 Å². The molecule has 2 heterocycles. The van der Waals surface area contributed by atoms with Crippen molar-refractivity contribution in [3.05, 3.63) is 21.8 Å². The number of esters is 1. The highest BCUT2D eigenvalue weighted by atomic mass is 79.9. The summed E-state index contributed by atoms with van der Waals surface area (Å²) in [4.78, 5) is 17.6. The maximum atomic E-state index is 12.3. The van der Waals surface area contributed by atoms with E-state index in [-0.39, 0.29) is 5.97 Å². The van der Waals surface area contributed by atoms with Gasteiger partial charge in [0.25, 0.3) is 0 Å². The van der Waals surface area contributed by atoms with Crippen LogP contribution in [0.4, 0.5) is 0 Å². The Balaban J connectivity index is 2.38. The lowest BCUT2D eigenvalue weighted by atomic mass is 9.82. The smallest absolute Gasteiger partial charge is 0.321 e. The summed E-state index contributed by atoms with van der Waals surface area (Å²) in [5, 5.41) is 4.00. The van der Waals surface area contributed by atoms with Crippen molar-refractivity contribution in [2.24, 2.45) is 0 Å². The van der Waals surface area contributed by atoms with E-state index < -0.39 is 5.41 Å². The Morgan fingerprint density at radius 2 is 2.10 bits per heavy atom. The summed E-state index contributed by atoms with van der Waals surface area (Å²) in [6.07, 6.45) is 1.11. The van der Waals surface area contributed by atoms with Crippen molar-refractivity contribution in [2.75, 3.05) is 6.61 Å². The summed E-state index contributed by atoms with van der Waals surface area (Å²) in [5.74, 6) is 0.513. The van der Waals surface area contributed by atoms with Gasteiger partial charge in [-0.15, -0.1) is 11.3 Å². The first-order valence-electron chi connectivity index (χ1n) is 6.84. The number of hydrogen-bond donors (Lipinski definition) is 0. The molecule has 5 nitrogen and oxygen atoms in total. The third kappa shape index (κ3) is 3.03. The second-order valence-electron chi connectivity index (χ2n) is 4.54. The molecule has 0 spiro atoms. The van der Waals surface area contributed by atoms with Crippen LogP contribution in [-0.2, 0) is 14.9 Å². The molecule has 114 valence electrons. The van der Waals surface area contributed by atoms with E-state index in [1.54, 1.807) is 6.92 Å². The van der Waals surface area contributed by atoms with Gasteiger partial charge in [0.2, 0.25) is 11.7 Å². The zero-order valence-corrected chi connectivity index (χ0v) is 14.6. The fourth-order valence-electron chi connectivity index (χ4n) is 2.15. The second kappa shape index (κ2) is 6.70. The van der Waals surface area contributed by atoms with Crippen molar-refractivity contribution in [1.29, 1.82) is 0 Å². The van der Waals surface area contributed by atoms with Gasteiger partial charge in [-0.05, 0) is 47.8 Å². The van der Waals surface area contributed by atoms with Gasteiger partial charge in [-0.2, -0.15) is 4.98 Å². The third-order valence-corrected chi connectivity index (χ3v) is 5.12. The summed E-state index contributed by atoms with van der Waals surface area (Å²) in [6, 6.07) is 3.83. The zero-order valence-electron chi connectivity index (χ0n) is 12.2. The minimum absolute atomic E-state index is 0.308. The van der Waals surface area contributed by atoms with Gasteiger partial charge in [0.15, 0.2) is 0 Å². The van der Waals surface area contributed by atoms with Gasteiger partial charge in [0.1, 0.15) is 5.41 Å². The Bertz CT molecular complexity index is 619. The lowest BCUT2D eigenvalue weighted by Crippen LogP contribution is -2.36.